The Morgan fingerprint density at radius 1 is 0.974 bits per heavy atom. The predicted molar refractivity (Wildman–Crippen MR) is 155 cm³/mol. The van der Waals surface area contributed by atoms with Crippen molar-refractivity contribution in [1.82, 2.24) is 4.90 Å². The molecule has 2 amide bonds. The number of aliphatic hydroxyl groups is 1. The molecule has 2 aliphatic heterocycles. The number of ether oxygens (including phenoxy) is 1. The van der Waals surface area contributed by atoms with Gasteiger partial charge in [0.15, 0.2) is 5.60 Å². The number of nitrogens with two attached hydrogens (primary N) is 1. The van der Waals surface area contributed by atoms with Gasteiger partial charge in [0.25, 0.3) is 5.91 Å². The van der Waals surface area contributed by atoms with Gasteiger partial charge < -0.3 is 25.4 Å². The minimum Gasteiger partial charge on any atom is -0.487 e. The van der Waals surface area contributed by atoms with Crippen LogP contribution in [0.4, 0.5) is 5.69 Å². The topological polar surface area (TPSA) is 96.1 Å². The largest absolute Gasteiger partial charge is 0.487 e. The quantitative estimate of drug-likeness (QED) is 0.505. The molecule has 0 spiro atoms. The van der Waals surface area contributed by atoms with Crippen LogP contribution < -0.4 is 15.4 Å². The van der Waals surface area contributed by atoms with E-state index in [4.69, 9.17) is 22.1 Å². The van der Waals surface area contributed by atoms with Crippen molar-refractivity contribution in [2.45, 2.75) is 76.9 Å². The summed E-state index contributed by atoms with van der Waals surface area (Å²) < 4.78 is 6.39. The van der Waals surface area contributed by atoms with Crippen molar-refractivity contribution < 1.29 is 19.4 Å². The predicted octanol–water partition coefficient (Wildman–Crippen LogP) is 5.18. The van der Waals surface area contributed by atoms with Gasteiger partial charge in [0.05, 0.1) is 11.6 Å². The first-order chi connectivity index (χ1) is 18.7. The summed E-state index contributed by atoms with van der Waals surface area (Å²) in [6.45, 7) is 4.19. The number of nitrogens with zero attached hydrogens (tertiary/aromatic N) is 2. The first-order valence-electron chi connectivity index (χ1n) is 14.3. The van der Waals surface area contributed by atoms with E-state index in [1.54, 1.807) is 37.1 Å². The van der Waals surface area contributed by atoms with E-state index in [1.165, 1.54) is 5.56 Å². The molecule has 0 saturated carbocycles. The molecule has 3 N–H and O–H groups in total. The van der Waals surface area contributed by atoms with E-state index in [1.807, 2.05) is 18.2 Å². The summed E-state index contributed by atoms with van der Waals surface area (Å²) in [4.78, 5) is 30.0. The molecule has 0 saturated heterocycles. The number of aryl methyl sites for hydroxylation is 1. The maximum Gasteiger partial charge on any atom is 0.254 e. The first-order valence-corrected chi connectivity index (χ1v) is 14.7. The Kier molecular flexibility index (Phi) is 9.78. The molecular formula is C31H42ClN3O4. The van der Waals surface area contributed by atoms with Crippen molar-refractivity contribution in [3.8, 4) is 5.75 Å². The molecule has 2 heterocycles. The maximum atomic E-state index is 13.3. The maximum absolute atomic E-state index is 13.3. The van der Waals surface area contributed by atoms with E-state index >= 15 is 0 Å². The summed E-state index contributed by atoms with van der Waals surface area (Å²) in [5, 5.41) is 12.5. The molecule has 0 aliphatic carbocycles. The number of hydrogen-bond acceptors (Lipinski definition) is 5. The van der Waals surface area contributed by atoms with Crippen LogP contribution in [-0.4, -0.2) is 48.5 Å². The zero-order valence-corrected chi connectivity index (χ0v) is 24.0. The number of primary amides is 1. The highest BCUT2D eigenvalue weighted by Gasteiger charge is 2.46. The molecule has 0 aromatic heterocycles. The lowest BCUT2D eigenvalue weighted by atomic mass is 9.80. The smallest absolute Gasteiger partial charge is 0.254 e. The molecule has 7 nitrogen and oxygen atoms in total. The molecule has 0 unspecified atom stereocenters. The zero-order chi connectivity index (χ0) is 28.0. The van der Waals surface area contributed by atoms with Crippen LogP contribution in [0.1, 0.15) is 75.0 Å². The second-order valence-corrected chi connectivity index (χ2v) is 11.5. The van der Waals surface area contributed by atoms with Crippen molar-refractivity contribution >= 4 is 29.1 Å². The van der Waals surface area contributed by atoms with Gasteiger partial charge >= 0.3 is 0 Å². The summed E-state index contributed by atoms with van der Waals surface area (Å²) in [6.07, 6.45) is 9.25. The van der Waals surface area contributed by atoms with Gasteiger partial charge in [-0.15, -0.1) is 0 Å². The SMILES string of the molecule is C[C@H]1C(=O)N(C)CCCCCCCCN2CCCCc3cc(Cl)ccc3COc3ccc(cc32)[C@]1(O)C(N)=O. The third-order valence-corrected chi connectivity index (χ3v) is 8.57. The molecule has 2 aromatic rings. The van der Waals surface area contributed by atoms with Crippen LogP contribution >= 0.6 is 11.6 Å². The van der Waals surface area contributed by atoms with Crippen LogP contribution in [0.25, 0.3) is 0 Å². The van der Waals surface area contributed by atoms with Crippen LogP contribution in [0.3, 0.4) is 0 Å². The van der Waals surface area contributed by atoms with Crippen molar-refractivity contribution in [3.63, 3.8) is 0 Å². The minimum absolute atomic E-state index is 0.303. The third-order valence-electron chi connectivity index (χ3n) is 8.34. The molecule has 8 heteroatoms. The van der Waals surface area contributed by atoms with Crippen molar-refractivity contribution in [2.75, 3.05) is 31.6 Å². The summed E-state index contributed by atoms with van der Waals surface area (Å²) in [5.74, 6) is -1.61. The zero-order valence-electron chi connectivity index (χ0n) is 23.3. The Morgan fingerprint density at radius 2 is 1.64 bits per heavy atom. The van der Waals surface area contributed by atoms with Crippen molar-refractivity contribution in [2.24, 2.45) is 11.7 Å². The van der Waals surface area contributed by atoms with Gasteiger partial charge in [0.2, 0.25) is 5.91 Å². The summed E-state index contributed by atoms with van der Waals surface area (Å²) >= 11 is 6.29. The molecule has 4 rings (SSSR count). The number of fused-ring (bicyclic) bond motifs is 2. The molecule has 2 aromatic carbocycles. The number of rotatable bonds is 1. The van der Waals surface area contributed by atoms with E-state index in [0.29, 0.717) is 24.5 Å². The van der Waals surface area contributed by atoms with Gasteiger partial charge in [0, 0.05) is 31.7 Å². The molecule has 2 aliphatic rings. The average molecular weight is 556 g/mol. The number of benzene rings is 2. The molecular weight excluding hydrogens is 514 g/mol. The fourth-order valence-corrected chi connectivity index (χ4v) is 6.00. The Labute approximate surface area is 237 Å². The Morgan fingerprint density at radius 3 is 2.36 bits per heavy atom. The fraction of sp³-hybridized carbons (Fsp3) is 0.548. The Balaban J connectivity index is 1.78. The highest BCUT2D eigenvalue weighted by Crippen LogP contribution is 2.39. The highest BCUT2D eigenvalue weighted by molar-refractivity contribution is 6.30. The fourth-order valence-electron chi connectivity index (χ4n) is 5.80. The molecule has 212 valence electrons. The van der Waals surface area contributed by atoms with Crippen LogP contribution in [0.15, 0.2) is 36.4 Å². The summed E-state index contributed by atoms with van der Waals surface area (Å²) in [5.41, 5.74) is 7.07. The number of anilines is 1. The van der Waals surface area contributed by atoms with Gasteiger partial charge in [-0.2, -0.15) is 0 Å². The van der Waals surface area contributed by atoms with E-state index < -0.39 is 17.4 Å². The van der Waals surface area contributed by atoms with Gasteiger partial charge in [0.1, 0.15) is 12.4 Å². The van der Waals surface area contributed by atoms with Crippen LogP contribution in [0.5, 0.6) is 5.75 Å². The average Bonchev–Trinajstić information content (AvgIpc) is 2.95. The number of carbonyl (C=O) groups excluding carboxylic acids is 2. The summed E-state index contributed by atoms with van der Waals surface area (Å²) in [6, 6.07) is 11.2. The molecule has 2 bridgehead atoms. The number of amides is 2. The Bertz CT molecular complexity index is 1170. The lowest BCUT2D eigenvalue weighted by Gasteiger charge is -2.35. The van der Waals surface area contributed by atoms with E-state index in [0.717, 1.165) is 87.2 Å². The lowest BCUT2D eigenvalue weighted by molar-refractivity contribution is -0.156. The van der Waals surface area contributed by atoms with Gasteiger partial charge in [-0.1, -0.05) is 49.4 Å². The second-order valence-electron chi connectivity index (χ2n) is 11.1. The van der Waals surface area contributed by atoms with Crippen LogP contribution in [0.2, 0.25) is 5.02 Å². The van der Waals surface area contributed by atoms with Crippen LogP contribution in [-0.2, 0) is 28.2 Å². The molecule has 39 heavy (non-hydrogen) atoms. The number of halogens is 1. The monoisotopic (exact) mass is 555 g/mol. The minimum atomic E-state index is -2.15. The van der Waals surface area contributed by atoms with Gasteiger partial charge in [-0.25, -0.2) is 0 Å². The van der Waals surface area contributed by atoms with Gasteiger partial charge in [-0.3, -0.25) is 9.59 Å². The molecule has 0 radical (unpaired) electrons. The molecule has 0 fully saturated rings. The third kappa shape index (κ3) is 6.69. The van der Waals surface area contributed by atoms with Crippen molar-refractivity contribution in [1.29, 1.82) is 0 Å². The highest BCUT2D eigenvalue weighted by atomic mass is 35.5. The van der Waals surface area contributed by atoms with Crippen molar-refractivity contribution in [3.05, 3.63) is 58.1 Å². The van der Waals surface area contributed by atoms with E-state index in [-0.39, 0.29) is 5.91 Å². The van der Waals surface area contributed by atoms with E-state index in [2.05, 4.69) is 4.90 Å². The van der Waals surface area contributed by atoms with Crippen LogP contribution in [0, 0.1) is 5.92 Å². The lowest BCUT2D eigenvalue weighted by Crippen LogP contribution is -2.52. The second kappa shape index (κ2) is 13.1. The first kappa shape index (κ1) is 29.2. The molecule has 2 atom stereocenters. The Hall–Kier alpha value is -2.77. The summed E-state index contributed by atoms with van der Waals surface area (Å²) in [7, 11) is 1.72. The van der Waals surface area contributed by atoms with E-state index in [9.17, 15) is 14.7 Å². The normalized spacial score (nSPS) is 23.8. The standard InChI is InChI=1S/C31H42ClN3O4/c1-22-29(36)34(2)16-8-5-3-4-6-9-17-35-18-10-7-11-23-19-26(32)14-12-24(23)21-39-28-15-13-25(20-27(28)35)31(22,38)30(33)37/h12-15,19-20,22,38H,3-11,16-18,21H2,1-2H3,(H2,33,37)/t22-,31-/m0/s1. The van der Waals surface area contributed by atoms with Gasteiger partial charge in [-0.05, 0) is 80.0 Å². The number of carbonyl (C=O) groups is 2. The number of hydrogen-bond donors (Lipinski definition) is 2.